The summed E-state index contributed by atoms with van der Waals surface area (Å²) in [7, 11) is 0. The number of nitro groups is 1. The van der Waals surface area contributed by atoms with Crippen molar-refractivity contribution in [2.75, 3.05) is 11.4 Å². The number of nitrogens with zero attached hydrogens (tertiary/aromatic N) is 4. The van der Waals surface area contributed by atoms with Gasteiger partial charge in [-0.3, -0.25) is 24.7 Å². The highest BCUT2D eigenvalue weighted by Crippen LogP contribution is 2.32. The maximum atomic E-state index is 12.9. The van der Waals surface area contributed by atoms with Gasteiger partial charge in [-0.1, -0.05) is 6.07 Å². The minimum atomic E-state index is -0.489. The molecule has 0 spiro atoms. The average molecular weight is 391 g/mol. The fourth-order valence-corrected chi connectivity index (χ4v) is 3.45. The molecule has 1 aliphatic rings. The van der Waals surface area contributed by atoms with Crippen LogP contribution in [0.15, 0.2) is 47.5 Å². The predicted molar refractivity (Wildman–Crippen MR) is 106 cm³/mol. The number of nitro benzene ring substituents is 1. The van der Waals surface area contributed by atoms with Crippen molar-refractivity contribution in [1.82, 2.24) is 15.0 Å². The molecule has 0 atom stereocenters. The van der Waals surface area contributed by atoms with E-state index in [4.69, 9.17) is 0 Å². The molecule has 0 saturated carbocycles. The number of carbonyl (C=O) groups excluding carboxylic acids is 1. The molecule has 1 aromatic carbocycles. The number of aromatic nitrogens is 3. The summed E-state index contributed by atoms with van der Waals surface area (Å²) in [6, 6.07) is 8.03. The van der Waals surface area contributed by atoms with Gasteiger partial charge in [0.1, 0.15) is 5.82 Å². The zero-order valence-corrected chi connectivity index (χ0v) is 15.6. The fourth-order valence-electron chi connectivity index (χ4n) is 3.45. The van der Waals surface area contributed by atoms with Gasteiger partial charge in [0.25, 0.3) is 11.2 Å². The SMILES string of the molecule is Cc1nc(-c2cccnc2)[nH]c(=O)c1CC(=O)N1CCc2ccc([N+](=O)[O-])cc21. The van der Waals surface area contributed by atoms with E-state index >= 15 is 0 Å². The Morgan fingerprint density at radius 3 is 2.86 bits per heavy atom. The first kappa shape index (κ1) is 18.5. The van der Waals surface area contributed by atoms with Crippen molar-refractivity contribution in [2.24, 2.45) is 0 Å². The molecule has 4 rings (SSSR count). The summed E-state index contributed by atoms with van der Waals surface area (Å²) in [5, 5.41) is 11.1. The number of hydrogen-bond acceptors (Lipinski definition) is 6. The van der Waals surface area contributed by atoms with E-state index in [0.29, 0.717) is 35.7 Å². The maximum Gasteiger partial charge on any atom is 0.271 e. The fraction of sp³-hybridized carbons (Fsp3) is 0.200. The number of carbonyl (C=O) groups is 1. The molecule has 3 aromatic rings. The van der Waals surface area contributed by atoms with Gasteiger partial charge in [-0.25, -0.2) is 4.98 Å². The molecule has 9 heteroatoms. The van der Waals surface area contributed by atoms with E-state index in [-0.39, 0.29) is 29.1 Å². The Labute approximate surface area is 165 Å². The summed E-state index contributed by atoms with van der Waals surface area (Å²) in [5.74, 6) is 0.0905. The molecule has 29 heavy (non-hydrogen) atoms. The van der Waals surface area contributed by atoms with E-state index in [2.05, 4.69) is 15.0 Å². The average Bonchev–Trinajstić information content (AvgIpc) is 3.14. The molecule has 3 heterocycles. The lowest BCUT2D eigenvalue weighted by Crippen LogP contribution is -2.33. The molecule has 146 valence electrons. The Morgan fingerprint density at radius 2 is 2.17 bits per heavy atom. The summed E-state index contributed by atoms with van der Waals surface area (Å²) >= 11 is 0. The first-order chi connectivity index (χ1) is 13.9. The van der Waals surface area contributed by atoms with Crippen LogP contribution in [-0.4, -0.2) is 32.3 Å². The van der Waals surface area contributed by atoms with E-state index in [1.54, 1.807) is 37.5 Å². The van der Waals surface area contributed by atoms with Crippen LogP contribution in [-0.2, 0) is 17.6 Å². The molecular formula is C20H17N5O4. The van der Waals surface area contributed by atoms with E-state index in [1.165, 1.54) is 17.0 Å². The molecule has 0 unspecified atom stereocenters. The zero-order valence-electron chi connectivity index (χ0n) is 15.6. The monoisotopic (exact) mass is 391 g/mol. The maximum absolute atomic E-state index is 12.9. The van der Waals surface area contributed by atoms with Gasteiger partial charge in [-0.05, 0) is 31.0 Å². The van der Waals surface area contributed by atoms with Crippen molar-refractivity contribution in [3.8, 4) is 11.4 Å². The highest BCUT2D eigenvalue weighted by Gasteiger charge is 2.27. The van der Waals surface area contributed by atoms with Crippen molar-refractivity contribution in [3.63, 3.8) is 0 Å². The first-order valence-electron chi connectivity index (χ1n) is 9.02. The second-order valence-corrected chi connectivity index (χ2v) is 6.76. The minimum absolute atomic E-state index is 0.0695. The second-order valence-electron chi connectivity index (χ2n) is 6.76. The molecule has 0 radical (unpaired) electrons. The molecular weight excluding hydrogens is 374 g/mol. The highest BCUT2D eigenvalue weighted by atomic mass is 16.6. The Hall–Kier alpha value is -3.88. The number of aryl methyl sites for hydroxylation is 1. The van der Waals surface area contributed by atoms with Crippen LogP contribution >= 0.6 is 0 Å². The number of hydrogen-bond donors (Lipinski definition) is 1. The van der Waals surface area contributed by atoms with Gasteiger partial charge in [0.05, 0.1) is 17.0 Å². The number of nitrogens with one attached hydrogen (secondary N) is 1. The van der Waals surface area contributed by atoms with E-state index in [0.717, 1.165) is 5.56 Å². The number of anilines is 1. The number of aromatic amines is 1. The zero-order chi connectivity index (χ0) is 20.5. The first-order valence-corrected chi connectivity index (χ1v) is 9.02. The quantitative estimate of drug-likeness (QED) is 0.537. The van der Waals surface area contributed by atoms with Crippen LogP contribution in [0.4, 0.5) is 11.4 Å². The number of rotatable bonds is 4. The molecule has 0 bridgehead atoms. The van der Waals surface area contributed by atoms with Gasteiger partial charge >= 0.3 is 0 Å². The predicted octanol–water partition coefficient (Wildman–Crippen LogP) is 2.18. The standard InChI is InChI=1S/C20H17N5O4/c1-12-16(20(27)23-19(22-12)14-3-2-7-21-11-14)10-18(26)24-8-6-13-4-5-15(25(28)29)9-17(13)24/h2-5,7,9,11H,6,8,10H2,1H3,(H,22,23,27). The van der Waals surface area contributed by atoms with Crippen molar-refractivity contribution >= 4 is 17.3 Å². The largest absolute Gasteiger partial charge is 0.311 e. The lowest BCUT2D eigenvalue weighted by Gasteiger charge is -2.17. The van der Waals surface area contributed by atoms with Crippen LogP contribution in [0.1, 0.15) is 16.8 Å². The number of non-ortho nitro benzene ring substituents is 1. The Balaban J connectivity index is 1.61. The van der Waals surface area contributed by atoms with Crippen molar-refractivity contribution in [2.45, 2.75) is 19.8 Å². The number of fused-ring (bicyclic) bond motifs is 1. The Morgan fingerprint density at radius 1 is 1.34 bits per heavy atom. The van der Waals surface area contributed by atoms with Crippen LogP contribution in [0.5, 0.6) is 0 Å². The number of benzene rings is 1. The molecule has 1 amide bonds. The van der Waals surface area contributed by atoms with Gasteiger partial charge in [-0.15, -0.1) is 0 Å². The van der Waals surface area contributed by atoms with Gasteiger partial charge in [0.2, 0.25) is 5.91 Å². The second kappa shape index (κ2) is 7.27. The van der Waals surface area contributed by atoms with E-state index in [1.807, 2.05) is 0 Å². The third kappa shape index (κ3) is 3.49. The molecule has 0 fully saturated rings. The summed E-state index contributed by atoms with van der Waals surface area (Å²) in [6.45, 7) is 2.11. The molecule has 1 aliphatic heterocycles. The summed E-state index contributed by atoms with van der Waals surface area (Å²) in [4.78, 5) is 48.7. The van der Waals surface area contributed by atoms with Gasteiger partial charge in [0.15, 0.2) is 0 Å². The molecule has 2 aromatic heterocycles. The topological polar surface area (TPSA) is 122 Å². The van der Waals surface area contributed by atoms with Crippen molar-refractivity contribution in [1.29, 1.82) is 0 Å². The molecule has 0 saturated heterocycles. The highest BCUT2D eigenvalue weighted by molar-refractivity contribution is 5.97. The normalized spacial score (nSPS) is 12.7. The summed E-state index contributed by atoms with van der Waals surface area (Å²) < 4.78 is 0. The summed E-state index contributed by atoms with van der Waals surface area (Å²) in [5.41, 5.74) is 2.35. The molecule has 0 aliphatic carbocycles. The van der Waals surface area contributed by atoms with Gasteiger partial charge in [0, 0.05) is 47.9 Å². The smallest absolute Gasteiger partial charge is 0.271 e. The van der Waals surface area contributed by atoms with Gasteiger partial charge in [-0.2, -0.15) is 0 Å². The number of pyridine rings is 1. The Kier molecular flexibility index (Phi) is 4.63. The van der Waals surface area contributed by atoms with Crippen LogP contribution in [0, 0.1) is 17.0 Å². The molecule has 9 nitrogen and oxygen atoms in total. The van der Waals surface area contributed by atoms with Gasteiger partial charge < -0.3 is 9.88 Å². The minimum Gasteiger partial charge on any atom is -0.311 e. The van der Waals surface area contributed by atoms with E-state index in [9.17, 15) is 19.7 Å². The van der Waals surface area contributed by atoms with E-state index < -0.39 is 4.92 Å². The van der Waals surface area contributed by atoms with Crippen LogP contribution in [0.25, 0.3) is 11.4 Å². The molecule has 1 N–H and O–H groups in total. The number of amides is 1. The van der Waals surface area contributed by atoms with Crippen molar-refractivity contribution < 1.29 is 9.72 Å². The lowest BCUT2D eigenvalue weighted by atomic mass is 10.1. The number of H-pyrrole nitrogens is 1. The van der Waals surface area contributed by atoms with Crippen LogP contribution in [0.3, 0.4) is 0 Å². The third-order valence-corrected chi connectivity index (χ3v) is 4.96. The van der Waals surface area contributed by atoms with Crippen molar-refractivity contribution in [3.05, 3.63) is 80.0 Å². The summed E-state index contributed by atoms with van der Waals surface area (Å²) in [6.07, 6.45) is 3.70. The van der Waals surface area contributed by atoms with Crippen LogP contribution < -0.4 is 10.5 Å². The third-order valence-electron chi connectivity index (χ3n) is 4.96. The van der Waals surface area contributed by atoms with Crippen LogP contribution in [0.2, 0.25) is 0 Å². The lowest BCUT2D eigenvalue weighted by molar-refractivity contribution is -0.384. The Bertz CT molecular complexity index is 1170.